The molecule has 0 aliphatic heterocycles. The summed E-state index contributed by atoms with van der Waals surface area (Å²) in [6.07, 6.45) is -9.81. The zero-order valence-electron chi connectivity index (χ0n) is 9.41. The molecule has 0 aliphatic rings. The molecule has 1 rings (SSSR count). The third kappa shape index (κ3) is 3.72. The number of rotatable bonds is 1. The van der Waals surface area contributed by atoms with Crippen LogP contribution in [0.5, 0.6) is 0 Å². The molecule has 0 radical (unpaired) electrons. The van der Waals surface area contributed by atoms with E-state index in [1.165, 1.54) is 0 Å². The van der Waals surface area contributed by atoms with E-state index in [4.69, 9.17) is 5.73 Å². The molecular formula is C10H8F6N2S. The van der Waals surface area contributed by atoms with Gasteiger partial charge >= 0.3 is 12.4 Å². The number of nitrogens with one attached hydrogen (secondary N) is 1. The van der Waals surface area contributed by atoms with Crippen LogP contribution >= 0.6 is 12.2 Å². The van der Waals surface area contributed by atoms with Crippen molar-refractivity contribution in [2.24, 2.45) is 5.73 Å². The average Bonchev–Trinajstić information content (AvgIpc) is 2.16. The minimum absolute atomic E-state index is 0.0556. The molecule has 0 fully saturated rings. The van der Waals surface area contributed by atoms with Crippen LogP contribution < -0.4 is 11.1 Å². The second kappa shape index (κ2) is 4.87. The summed E-state index contributed by atoms with van der Waals surface area (Å²) in [6, 6.07) is 0.587. The van der Waals surface area contributed by atoms with E-state index in [0.29, 0.717) is 6.07 Å². The quantitative estimate of drug-likeness (QED) is 0.614. The molecule has 1 aromatic carbocycles. The Morgan fingerprint density at radius 3 is 2.00 bits per heavy atom. The molecule has 0 aromatic heterocycles. The SMILES string of the molecule is Cc1c(NC(N)=S)cc(C(F)(F)F)cc1C(F)(F)F. The predicted octanol–water partition coefficient (Wildman–Crippen LogP) is 3.69. The summed E-state index contributed by atoms with van der Waals surface area (Å²) in [4.78, 5) is 0. The maximum Gasteiger partial charge on any atom is 0.416 e. The third-order valence-electron chi connectivity index (χ3n) is 2.30. The second-order valence-corrected chi connectivity index (χ2v) is 4.12. The fraction of sp³-hybridized carbons (Fsp3) is 0.300. The fourth-order valence-electron chi connectivity index (χ4n) is 1.43. The van der Waals surface area contributed by atoms with Crippen molar-refractivity contribution in [3.05, 3.63) is 28.8 Å². The van der Waals surface area contributed by atoms with Crippen LogP contribution in [0.2, 0.25) is 0 Å². The van der Waals surface area contributed by atoms with E-state index in [2.05, 4.69) is 17.5 Å². The summed E-state index contributed by atoms with van der Waals surface area (Å²) in [7, 11) is 0. The van der Waals surface area contributed by atoms with Crippen LogP contribution in [-0.2, 0) is 12.4 Å². The van der Waals surface area contributed by atoms with Crippen molar-refractivity contribution in [1.82, 2.24) is 0 Å². The number of halogens is 6. The number of alkyl halides is 6. The van der Waals surface area contributed by atoms with Gasteiger partial charge in [0.05, 0.1) is 11.1 Å². The molecular weight excluding hydrogens is 294 g/mol. The van der Waals surface area contributed by atoms with Gasteiger partial charge in [0, 0.05) is 5.69 Å². The van der Waals surface area contributed by atoms with Gasteiger partial charge in [-0.05, 0) is 36.8 Å². The molecule has 106 valence electrons. The molecule has 0 bridgehead atoms. The average molecular weight is 302 g/mol. The highest BCUT2D eigenvalue weighted by atomic mass is 32.1. The van der Waals surface area contributed by atoms with Crippen molar-refractivity contribution in [3.8, 4) is 0 Å². The standard InChI is InChI=1S/C10H8F6N2S/c1-4-6(10(14,15)16)2-5(9(11,12)13)3-7(4)18-8(17)19/h2-3H,1H3,(H3,17,18,19). The van der Waals surface area contributed by atoms with Gasteiger partial charge in [0.15, 0.2) is 5.11 Å². The van der Waals surface area contributed by atoms with Crippen molar-refractivity contribution in [2.75, 3.05) is 5.32 Å². The van der Waals surface area contributed by atoms with Crippen LogP contribution in [0.25, 0.3) is 0 Å². The van der Waals surface area contributed by atoms with E-state index in [1.807, 2.05) is 0 Å². The van der Waals surface area contributed by atoms with Crippen LogP contribution in [0, 0.1) is 6.92 Å². The first kappa shape index (κ1) is 15.5. The lowest BCUT2D eigenvalue weighted by Crippen LogP contribution is -2.22. The highest BCUT2D eigenvalue weighted by Gasteiger charge is 2.38. The Labute approximate surface area is 109 Å². The van der Waals surface area contributed by atoms with Crippen molar-refractivity contribution in [3.63, 3.8) is 0 Å². The van der Waals surface area contributed by atoms with Gasteiger partial charge in [0.1, 0.15) is 0 Å². The van der Waals surface area contributed by atoms with E-state index in [9.17, 15) is 26.3 Å². The van der Waals surface area contributed by atoms with Gasteiger partial charge in [0.2, 0.25) is 0 Å². The number of benzene rings is 1. The fourth-order valence-corrected chi connectivity index (χ4v) is 1.54. The van der Waals surface area contributed by atoms with E-state index in [-0.39, 0.29) is 6.07 Å². The zero-order chi connectivity index (χ0) is 15.0. The van der Waals surface area contributed by atoms with Crippen molar-refractivity contribution >= 4 is 23.0 Å². The largest absolute Gasteiger partial charge is 0.416 e. The van der Waals surface area contributed by atoms with Gasteiger partial charge in [-0.3, -0.25) is 0 Å². The Kier molecular flexibility index (Phi) is 3.99. The summed E-state index contributed by atoms with van der Waals surface area (Å²) < 4.78 is 75.7. The lowest BCUT2D eigenvalue weighted by molar-refractivity contribution is -0.143. The van der Waals surface area contributed by atoms with Crippen LogP contribution in [-0.4, -0.2) is 5.11 Å². The first-order valence-corrected chi connectivity index (χ1v) is 5.19. The Morgan fingerprint density at radius 2 is 1.63 bits per heavy atom. The molecule has 9 heteroatoms. The summed E-state index contributed by atoms with van der Waals surface area (Å²) in [5.41, 5.74) is 1.42. The van der Waals surface area contributed by atoms with Gasteiger partial charge in [-0.25, -0.2) is 0 Å². The molecule has 0 saturated carbocycles. The number of thiocarbonyl (C=S) groups is 1. The van der Waals surface area contributed by atoms with Crippen LogP contribution in [0.4, 0.5) is 32.0 Å². The predicted molar refractivity (Wildman–Crippen MR) is 61.6 cm³/mol. The molecule has 0 atom stereocenters. The second-order valence-electron chi connectivity index (χ2n) is 3.68. The van der Waals surface area contributed by atoms with E-state index in [0.717, 1.165) is 6.92 Å². The highest BCUT2D eigenvalue weighted by molar-refractivity contribution is 7.80. The molecule has 0 saturated heterocycles. The maximum atomic E-state index is 12.7. The lowest BCUT2D eigenvalue weighted by atomic mass is 10.0. The van der Waals surface area contributed by atoms with E-state index in [1.54, 1.807) is 0 Å². The zero-order valence-corrected chi connectivity index (χ0v) is 10.2. The monoisotopic (exact) mass is 302 g/mol. The van der Waals surface area contributed by atoms with E-state index < -0.39 is 39.8 Å². The Bertz CT molecular complexity index is 506. The summed E-state index contributed by atoms with van der Waals surface area (Å²) >= 11 is 4.41. The molecule has 2 nitrogen and oxygen atoms in total. The van der Waals surface area contributed by atoms with Crippen LogP contribution in [0.1, 0.15) is 16.7 Å². The first-order chi connectivity index (χ1) is 8.43. The minimum Gasteiger partial charge on any atom is -0.376 e. The smallest absolute Gasteiger partial charge is 0.376 e. The summed E-state index contributed by atoms with van der Waals surface area (Å²) in [6.45, 7) is 1.03. The maximum absolute atomic E-state index is 12.7. The number of anilines is 1. The van der Waals surface area contributed by atoms with Crippen molar-refractivity contribution < 1.29 is 26.3 Å². The third-order valence-corrected chi connectivity index (χ3v) is 2.40. The van der Waals surface area contributed by atoms with Gasteiger partial charge in [-0.1, -0.05) is 0 Å². The Balaban J connectivity index is 3.52. The van der Waals surface area contributed by atoms with Gasteiger partial charge in [0.25, 0.3) is 0 Å². The molecule has 0 amide bonds. The topological polar surface area (TPSA) is 38.0 Å². The molecule has 1 aromatic rings. The van der Waals surface area contributed by atoms with Gasteiger partial charge in [-0.2, -0.15) is 26.3 Å². The number of hydrogen-bond donors (Lipinski definition) is 2. The minimum atomic E-state index is -4.90. The normalized spacial score (nSPS) is 12.4. The number of nitrogens with two attached hydrogens (primary N) is 1. The molecule has 0 aliphatic carbocycles. The molecule has 3 N–H and O–H groups in total. The van der Waals surface area contributed by atoms with E-state index >= 15 is 0 Å². The molecule has 0 heterocycles. The van der Waals surface area contributed by atoms with Gasteiger partial charge < -0.3 is 11.1 Å². The number of hydrogen-bond acceptors (Lipinski definition) is 1. The Hall–Kier alpha value is -1.51. The van der Waals surface area contributed by atoms with Crippen molar-refractivity contribution in [2.45, 2.75) is 19.3 Å². The summed E-state index contributed by atoms with van der Waals surface area (Å²) in [5.74, 6) is 0. The Morgan fingerprint density at radius 1 is 1.11 bits per heavy atom. The molecule has 0 spiro atoms. The van der Waals surface area contributed by atoms with Crippen LogP contribution in [0.15, 0.2) is 12.1 Å². The lowest BCUT2D eigenvalue weighted by Gasteiger charge is -2.18. The molecule has 19 heavy (non-hydrogen) atoms. The van der Waals surface area contributed by atoms with Crippen molar-refractivity contribution in [1.29, 1.82) is 0 Å². The van der Waals surface area contributed by atoms with Gasteiger partial charge in [-0.15, -0.1) is 0 Å². The molecule has 0 unspecified atom stereocenters. The summed E-state index contributed by atoms with van der Waals surface area (Å²) in [5, 5.41) is 1.69. The van der Waals surface area contributed by atoms with Crippen LogP contribution in [0.3, 0.4) is 0 Å². The highest BCUT2D eigenvalue weighted by Crippen LogP contribution is 2.40. The first-order valence-electron chi connectivity index (χ1n) is 4.78.